The van der Waals surface area contributed by atoms with E-state index < -0.39 is 0 Å². The first-order valence-corrected chi connectivity index (χ1v) is 9.81. The predicted molar refractivity (Wildman–Crippen MR) is 106 cm³/mol. The Hall–Kier alpha value is -2.57. The molecule has 1 aliphatic rings. The van der Waals surface area contributed by atoms with Gasteiger partial charge in [-0.15, -0.1) is 0 Å². The molecule has 1 fully saturated rings. The van der Waals surface area contributed by atoms with E-state index in [0.29, 0.717) is 44.2 Å². The number of imidazole rings is 1. The van der Waals surface area contributed by atoms with Crippen LogP contribution in [0, 0.1) is 0 Å². The number of aromatic amines is 1. The van der Waals surface area contributed by atoms with Crippen LogP contribution >= 0.6 is 0 Å². The molecule has 2 N–H and O–H groups in total. The highest BCUT2D eigenvalue weighted by Crippen LogP contribution is 2.19. The number of amides is 3. The molecule has 1 aliphatic heterocycles. The molecule has 2 aromatic rings. The number of nitrogens with zero attached hydrogens (tertiary/aromatic N) is 3. The Morgan fingerprint density at radius 3 is 2.67 bits per heavy atom. The number of benzene rings is 1. The number of hydrogen-bond acceptors (Lipinski definition) is 3. The van der Waals surface area contributed by atoms with Crippen LogP contribution in [0.3, 0.4) is 0 Å². The van der Waals surface area contributed by atoms with Gasteiger partial charge in [-0.3, -0.25) is 4.79 Å². The van der Waals surface area contributed by atoms with Crippen LogP contribution in [0.25, 0.3) is 11.0 Å². The van der Waals surface area contributed by atoms with E-state index in [4.69, 9.17) is 0 Å². The van der Waals surface area contributed by atoms with Gasteiger partial charge in [-0.1, -0.05) is 20.8 Å². The van der Waals surface area contributed by atoms with Crippen LogP contribution in [0.4, 0.5) is 4.79 Å². The lowest BCUT2D eigenvalue weighted by molar-refractivity contribution is 0.0762. The van der Waals surface area contributed by atoms with Gasteiger partial charge in [-0.05, 0) is 31.0 Å². The molecular weight excluding hydrogens is 342 g/mol. The second-order valence-corrected chi connectivity index (χ2v) is 7.37. The zero-order chi connectivity index (χ0) is 19.4. The number of aromatic nitrogens is 2. The maximum absolute atomic E-state index is 13.0. The molecule has 3 amide bonds. The molecule has 0 saturated carbocycles. The Morgan fingerprint density at radius 2 is 1.93 bits per heavy atom. The minimum atomic E-state index is -0.0359. The van der Waals surface area contributed by atoms with E-state index in [1.54, 1.807) is 4.90 Å². The Bertz CT molecular complexity index is 814. The molecule has 1 aromatic carbocycles. The Morgan fingerprint density at radius 1 is 1.19 bits per heavy atom. The highest BCUT2D eigenvalue weighted by molar-refractivity contribution is 5.97. The molecular formula is C20H29N5O2. The molecule has 0 spiro atoms. The molecule has 2 heterocycles. The average Bonchev–Trinajstić information content (AvgIpc) is 2.94. The van der Waals surface area contributed by atoms with Crippen molar-refractivity contribution >= 4 is 23.0 Å². The third kappa shape index (κ3) is 4.40. The Kier molecular flexibility index (Phi) is 5.98. The number of urea groups is 1. The summed E-state index contributed by atoms with van der Waals surface area (Å²) in [6.45, 7) is 9.34. The number of carbonyl (C=O) groups excluding carboxylic acids is 2. The number of H-pyrrole nitrogens is 1. The van der Waals surface area contributed by atoms with Gasteiger partial charge in [0.15, 0.2) is 0 Å². The maximum Gasteiger partial charge on any atom is 0.317 e. The lowest BCUT2D eigenvalue weighted by Crippen LogP contribution is -2.42. The quantitative estimate of drug-likeness (QED) is 0.867. The summed E-state index contributed by atoms with van der Waals surface area (Å²) in [4.78, 5) is 36.6. The van der Waals surface area contributed by atoms with Gasteiger partial charge in [0, 0.05) is 44.2 Å². The zero-order valence-electron chi connectivity index (χ0n) is 16.4. The Labute approximate surface area is 160 Å². The monoisotopic (exact) mass is 371 g/mol. The van der Waals surface area contributed by atoms with Crippen molar-refractivity contribution in [2.24, 2.45) is 0 Å². The van der Waals surface area contributed by atoms with Crippen molar-refractivity contribution in [3.63, 3.8) is 0 Å². The maximum atomic E-state index is 13.0. The van der Waals surface area contributed by atoms with Crippen LogP contribution in [0.5, 0.6) is 0 Å². The molecule has 27 heavy (non-hydrogen) atoms. The van der Waals surface area contributed by atoms with Crippen molar-refractivity contribution in [1.29, 1.82) is 0 Å². The molecule has 0 atom stereocenters. The summed E-state index contributed by atoms with van der Waals surface area (Å²) in [5.41, 5.74) is 2.43. The predicted octanol–water partition coefficient (Wildman–Crippen LogP) is 2.95. The summed E-state index contributed by atoms with van der Waals surface area (Å²) in [7, 11) is 0. The van der Waals surface area contributed by atoms with Gasteiger partial charge in [-0.25, -0.2) is 9.78 Å². The molecule has 7 heteroatoms. The van der Waals surface area contributed by atoms with Crippen molar-refractivity contribution in [3.05, 3.63) is 29.6 Å². The lowest BCUT2D eigenvalue weighted by atomic mass is 10.1. The molecule has 1 saturated heterocycles. The SMILES string of the molecule is CCCNC(=O)N1CCCN(C(=O)c2ccc3nc(C(C)C)[nH]c3c2)CC1. The summed E-state index contributed by atoms with van der Waals surface area (Å²) >= 11 is 0. The smallest absolute Gasteiger partial charge is 0.317 e. The topological polar surface area (TPSA) is 81.3 Å². The normalized spacial score (nSPS) is 15.3. The summed E-state index contributed by atoms with van der Waals surface area (Å²) in [6.07, 6.45) is 1.70. The lowest BCUT2D eigenvalue weighted by Gasteiger charge is -2.22. The van der Waals surface area contributed by atoms with E-state index in [1.165, 1.54) is 0 Å². The van der Waals surface area contributed by atoms with E-state index in [9.17, 15) is 9.59 Å². The van der Waals surface area contributed by atoms with Crippen LogP contribution in [-0.2, 0) is 0 Å². The standard InChI is InChI=1S/C20H29N5O2/c1-4-8-21-20(27)25-10-5-9-24(11-12-25)19(26)15-6-7-16-17(13-15)23-18(22-16)14(2)3/h6-7,13-14H,4-5,8-12H2,1-3H3,(H,21,27)(H,22,23). The molecule has 0 unspecified atom stereocenters. The van der Waals surface area contributed by atoms with Gasteiger partial charge < -0.3 is 20.1 Å². The largest absolute Gasteiger partial charge is 0.342 e. The first-order valence-electron chi connectivity index (χ1n) is 9.81. The van der Waals surface area contributed by atoms with Crippen molar-refractivity contribution in [2.45, 2.75) is 39.5 Å². The van der Waals surface area contributed by atoms with Crippen molar-refractivity contribution in [1.82, 2.24) is 25.1 Å². The minimum Gasteiger partial charge on any atom is -0.342 e. The first-order chi connectivity index (χ1) is 13.0. The van der Waals surface area contributed by atoms with E-state index in [-0.39, 0.29) is 11.9 Å². The van der Waals surface area contributed by atoms with E-state index in [0.717, 1.165) is 29.7 Å². The summed E-state index contributed by atoms with van der Waals surface area (Å²) in [5.74, 6) is 1.25. The molecule has 7 nitrogen and oxygen atoms in total. The molecule has 0 aliphatic carbocycles. The van der Waals surface area contributed by atoms with E-state index in [2.05, 4.69) is 29.1 Å². The Balaban J connectivity index is 1.68. The highest BCUT2D eigenvalue weighted by atomic mass is 16.2. The third-order valence-electron chi connectivity index (χ3n) is 4.89. The van der Waals surface area contributed by atoms with Crippen LogP contribution in [0.1, 0.15) is 55.7 Å². The molecule has 3 rings (SSSR count). The molecule has 0 radical (unpaired) electrons. The summed E-state index contributed by atoms with van der Waals surface area (Å²) in [5, 5.41) is 2.91. The van der Waals surface area contributed by atoms with Crippen LogP contribution in [0.2, 0.25) is 0 Å². The molecule has 1 aromatic heterocycles. The fraction of sp³-hybridized carbons (Fsp3) is 0.550. The fourth-order valence-corrected chi connectivity index (χ4v) is 3.29. The van der Waals surface area contributed by atoms with Gasteiger partial charge in [-0.2, -0.15) is 0 Å². The van der Waals surface area contributed by atoms with Crippen molar-refractivity contribution < 1.29 is 9.59 Å². The zero-order valence-corrected chi connectivity index (χ0v) is 16.4. The van der Waals surface area contributed by atoms with Gasteiger partial charge in [0.2, 0.25) is 0 Å². The second kappa shape index (κ2) is 8.41. The van der Waals surface area contributed by atoms with Crippen LogP contribution < -0.4 is 5.32 Å². The first kappa shape index (κ1) is 19.2. The van der Waals surface area contributed by atoms with Gasteiger partial charge in [0.25, 0.3) is 5.91 Å². The van der Waals surface area contributed by atoms with Gasteiger partial charge in [0.05, 0.1) is 11.0 Å². The highest BCUT2D eigenvalue weighted by Gasteiger charge is 2.23. The molecule has 0 bridgehead atoms. The average molecular weight is 371 g/mol. The number of hydrogen-bond donors (Lipinski definition) is 2. The van der Waals surface area contributed by atoms with E-state index in [1.807, 2.05) is 30.0 Å². The fourth-order valence-electron chi connectivity index (χ4n) is 3.29. The van der Waals surface area contributed by atoms with Gasteiger partial charge in [0.1, 0.15) is 5.82 Å². The van der Waals surface area contributed by atoms with Crippen molar-refractivity contribution in [2.75, 3.05) is 32.7 Å². The number of fused-ring (bicyclic) bond motifs is 1. The van der Waals surface area contributed by atoms with Crippen LogP contribution in [-0.4, -0.2) is 64.4 Å². The molecule has 146 valence electrons. The second-order valence-electron chi connectivity index (χ2n) is 7.37. The number of nitrogens with one attached hydrogen (secondary N) is 2. The summed E-state index contributed by atoms with van der Waals surface area (Å²) in [6, 6.07) is 5.58. The van der Waals surface area contributed by atoms with Crippen LogP contribution in [0.15, 0.2) is 18.2 Å². The number of carbonyl (C=O) groups is 2. The minimum absolute atomic E-state index is 0.00779. The van der Waals surface area contributed by atoms with Gasteiger partial charge >= 0.3 is 6.03 Å². The van der Waals surface area contributed by atoms with E-state index >= 15 is 0 Å². The summed E-state index contributed by atoms with van der Waals surface area (Å²) < 4.78 is 0. The number of rotatable bonds is 4. The van der Waals surface area contributed by atoms with Crippen molar-refractivity contribution in [3.8, 4) is 0 Å². The third-order valence-corrected chi connectivity index (χ3v) is 4.89.